The van der Waals surface area contributed by atoms with E-state index in [-0.39, 0.29) is 18.2 Å². The van der Waals surface area contributed by atoms with Gasteiger partial charge in [0.2, 0.25) is 0 Å². The molecule has 0 radical (unpaired) electrons. The van der Waals surface area contributed by atoms with Gasteiger partial charge in [-0.05, 0) is 84.8 Å². The molecule has 1 aliphatic heterocycles. The van der Waals surface area contributed by atoms with Crippen LogP contribution in [0.5, 0.6) is 11.5 Å². The summed E-state index contributed by atoms with van der Waals surface area (Å²) in [5.74, 6) is -0.0413. The topological polar surface area (TPSA) is 73.6 Å². The second-order valence-electron chi connectivity index (χ2n) is 10.3. The Hall–Kier alpha value is -4.13. The van der Waals surface area contributed by atoms with E-state index in [9.17, 15) is 4.79 Å². The van der Waals surface area contributed by atoms with Gasteiger partial charge >= 0.3 is 5.97 Å². The number of aryl methyl sites for hydroxylation is 3. The maximum atomic E-state index is 15.3. The van der Waals surface area contributed by atoms with Gasteiger partial charge in [-0.1, -0.05) is 12.1 Å². The summed E-state index contributed by atoms with van der Waals surface area (Å²) in [7, 11) is 1.93. The van der Waals surface area contributed by atoms with Crippen molar-refractivity contribution < 1.29 is 23.8 Å². The van der Waals surface area contributed by atoms with Crippen LogP contribution in [0.3, 0.4) is 0 Å². The highest BCUT2D eigenvalue weighted by molar-refractivity contribution is 5.79. The number of ether oxygens (including phenoxy) is 2. The van der Waals surface area contributed by atoms with Crippen molar-refractivity contribution in [3.8, 4) is 33.9 Å². The summed E-state index contributed by atoms with van der Waals surface area (Å²) < 4.78 is 29.2. The zero-order chi connectivity index (χ0) is 26.6. The summed E-state index contributed by atoms with van der Waals surface area (Å²) in [5, 5.41) is 13.4. The largest absolute Gasteiger partial charge is 0.492 e. The third-order valence-corrected chi connectivity index (χ3v) is 7.77. The van der Waals surface area contributed by atoms with Gasteiger partial charge < -0.3 is 14.6 Å². The number of rotatable bonds is 6. The standard InChI is InChI=1S/C31H29FN2O4/c1-17-12-19(26-10-11-33-34(26)3)13-18(2)30(17)23-6-8-25(32)31-24(23)7-9-27(31)38-21-4-5-22-20(14-29(35)36)16-37-28(22)15-21/h4-6,8,10-13,15,20,27H,7,9,14,16H2,1-3H3,(H,35,36). The van der Waals surface area contributed by atoms with Gasteiger partial charge in [0.25, 0.3) is 0 Å². The van der Waals surface area contributed by atoms with Crippen molar-refractivity contribution >= 4 is 5.97 Å². The molecule has 7 heteroatoms. The van der Waals surface area contributed by atoms with Crippen LogP contribution >= 0.6 is 0 Å². The van der Waals surface area contributed by atoms with Gasteiger partial charge in [0, 0.05) is 41.9 Å². The number of nitrogens with zero attached hydrogens (tertiary/aromatic N) is 2. The predicted octanol–water partition coefficient (Wildman–Crippen LogP) is 6.53. The summed E-state index contributed by atoms with van der Waals surface area (Å²) in [6.07, 6.45) is 2.81. The molecule has 0 saturated carbocycles. The molecule has 6 rings (SSSR count). The average molecular weight is 513 g/mol. The number of benzene rings is 3. The lowest BCUT2D eigenvalue weighted by Crippen LogP contribution is -2.07. The molecular weight excluding hydrogens is 483 g/mol. The van der Waals surface area contributed by atoms with E-state index in [0.717, 1.165) is 51.1 Å². The molecule has 194 valence electrons. The monoisotopic (exact) mass is 512 g/mol. The molecule has 6 nitrogen and oxygen atoms in total. The summed E-state index contributed by atoms with van der Waals surface area (Å²) >= 11 is 0. The van der Waals surface area contributed by atoms with Crippen LogP contribution in [0.4, 0.5) is 4.39 Å². The highest BCUT2D eigenvalue weighted by Gasteiger charge is 2.32. The van der Waals surface area contributed by atoms with Crippen LogP contribution in [0.15, 0.2) is 54.7 Å². The summed E-state index contributed by atoms with van der Waals surface area (Å²) in [6.45, 7) is 4.54. The van der Waals surface area contributed by atoms with Gasteiger partial charge in [0.05, 0.1) is 18.7 Å². The van der Waals surface area contributed by atoms with Gasteiger partial charge in [-0.2, -0.15) is 5.10 Å². The molecule has 1 N–H and O–H groups in total. The average Bonchev–Trinajstić information content (AvgIpc) is 3.59. The molecule has 3 aromatic carbocycles. The third kappa shape index (κ3) is 4.12. The van der Waals surface area contributed by atoms with Gasteiger partial charge in [0.1, 0.15) is 23.4 Å². The Morgan fingerprint density at radius 2 is 1.95 bits per heavy atom. The molecular formula is C31H29FN2O4. The van der Waals surface area contributed by atoms with E-state index in [1.807, 2.05) is 36.0 Å². The Morgan fingerprint density at radius 1 is 1.16 bits per heavy atom. The minimum absolute atomic E-state index is 0.0269. The lowest BCUT2D eigenvalue weighted by Gasteiger charge is -2.19. The third-order valence-electron chi connectivity index (χ3n) is 7.77. The van der Waals surface area contributed by atoms with Crippen LogP contribution in [-0.4, -0.2) is 27.5 Å². The summed E-state index contributed by atoms with van der Waals surface area (Å²) in [4.78, 5) is 11.1. The van der Waals surface area contributed by atoms with Gasteiger partial charge in [-0.15, -0.1) is 0 Å². The molecule has 1 aromatic heterocycles. The van der Waals surface area contributed by atoms with Crippen molar-refractivity contribution in [1.29, 1.82) is 0 Å². The maximum Gasteiger partial charge on any atom is 0.304 e. The van der Waals surface area contributed by atoms with Crippen molar-refractivity contribution in [3.63, 3.8) is 0 Å². The second kappa shape index (κ2) is 9.31. The summed E-state index contributed by atoms with van der Waals surface area (Å²) in [5.41, 5.74) is 9.07. The zero-order valence-corrected chi connectivity index (χ0v) is 21.6. The Bertz CT molecular complexity index is 1550. The van der Waals surface area contributed by atoms with E-state index in [2.05, 4.69) is 31.1 Å². The molecule has 0 saturated heterocycles. The van der Waals surface area contributed by atoms with E-state index in [1.165, 1.54) is 0 Å². The van der Waals surface area contributed by atoms with Crippen molar-refractivity contribution in [2.45, 2.75) is 45.1 Å². The van der Waals surface area contributed by atoms with Crippen LogP contribution in [0, 0.1) is 19.7 Å². The molecule has 0 spiro atoms. The number of aliphatic carboxylic acids is 1. The first kappa shape index (κ1) is 24.2. The fourth-order valence-corrected chi connectivity index (χ4v) is 6.09. The highest BCUT2D eigenvalue weighted by atomic mass is 19.1. The second-order valence-corrected chi connectivity index (χ2v) is 10.3. The first-order valence-electron chi connectivity index (χ1n) is 12.9. The molecule has 0 amide bonds. The van der Waals surface area contributed by atoms with Crippen LogP contribution in [0.25, 0.3) is 22.4 Å². The zero-order valence-electron chi connectivity index (χ0n) is 21.6. The molecule has 2 heterocycles. The molecule has 2 unspecified atom stereocenters. The van der Waals surface area contributed by atoms with Crippen molar-refractivity contribution in [1.82, 2.24) is 9.78 Å². The fraction of sp³-hybridized carbons (Fsp3) is 0.290. The van der Waals surface area contributed by atoms with Crippen molar-refractivity contribution in [3.05, 3.63) is 88.4 Å². The maximum absolute atomic E-state index is 15.3. The van der Waals surface area contributed by atoms with Crippen LogP contribution in [-0.2, 0) is 18.3 Å². The Labute approximate surface area is 220 Å². The van der Waals surface area contributed by atoms with E-state index in [4.69, 9.17) is 14.6 Å². The molecule has 4 aromatic rings. The van der Waals surface area contributed by atoms with E-state index in [0.29, 0.717) is 30.1 Å². The Kier molecular flexibility index (Phi) is 5.94. The minimum atomic E-state index is -0.849. The molecule has 0 fully saturated rings. The first-order chi connectivity index (χ1) is 18.3. The number of halogens is 1. The number of aromatic nitrogens is 2. The smallest absolute Gasteiger partial charge is 0.304 e. The van der Waals surface area contributed by atoms with Crippen molar-refractivity contribution in [2.24, 2.45) is 7.05 Å². The van der Waals surface area contributed by atoms with Crippen LogP contribution in [0.2, 0.25) is 0 Å². The number of carboxylic acid groups (broad SMARTS) is 1. The predicted molar refractivity (Wildman–Crippen MR) is 142 cm³/mol. The summed E-state index contributed by atoms with van der Waals surface area (Å²) in [6, 6.07) is 15.3. The van der Waals surface area contributed by atoms with Gasteiger partial charge in [-0.25, -0.2) is 4.39 Å². The quantitative estimate of drug-likeness (QED) is 0.318. The Morgan fingerprint density at radius 3 is 2.66 bits per heavy atom. The highest BCUT2D eigenvalue weighted by Crippen LogP contribution is 2.45. The number of hydrogen-bond acceptors (Lipinski definition) is 4. The fourth-order valence-electron chi connectivity index (χ4n) is 6.09. The van der Waals surface area contributed by atoms with Crippen LogP contribution in [0.1, 0.15) is 52.7 Å². The van der Waals surface area contributed by atoms with E-state index in [1.54, 1.807) is 18.3 Å². The van der Waals surface area contributed by atoms with Gasteiger partial charge in [-0.3, -0.25) is 9.48 Å². The Balaban J connectivity index is 1.31. The van der Waals surface area contributed by atoms with Crippen molar-refractivity contribution in [2.75, 3.05) is 6.61 Å². The van der Waals surface area contributed by atoms with E-state index < -0.39 is 12.1 Å². The molecule has 38 heavy (non-hydrogen) atoms. The number of fused-ring (bicyclic) bond motifs is 2. The minimum Gasteiger partial charge on any atom is -0.492 e. The van der Waals surface area contributed by atoms with Crippen LogP contribution < -0.4 is 9.47 Å². The molecule has 2 atom stereocenters. The molecule has 1 aliphatic carbocycles. The van der Waals surface area contributed by atoms with E-state index >= 15 is 4.39 Å². The molecule has 0 bridgehead atoms. The SMILES string of the molecule is Cc1cc(-c2ccnn2C)cc(C)c1-c1ccc(F)c2c1CCC2Oc1ccc2c(c1)OCC2CC(=O)O. The van der Waals surface area contributed by atoms with Gasteiger partial charge in [0.15, 0.2) is 0 Å². The number of hydrogen-bond donors (Lipinski definition) is 1. The first-order valence-corrected chi connectivity index (χ1v) is 12.9. The number of carboxylic acids is 1. The lowest BCUT2D eigenvalue weighted by molar-refractivity contribution is -0.137. The number of carbonyl (C=O) groups is 1. The molecule has 2 aliphatic rings. The normalized spacial score (nSPS) is 17.7. The lowest BCUT2D eigenvalue weighted by atomic mass is 9.88.